The van der Waals surface area contributed by atoms with Gasteiger partial charge in [0.05, 0.1) is 4.90 Å². The molecule has 0 atom stereocenters. The molecule has 0 saturated heterocycles. The van der Waals surface area contributed by atoms with E-state index in [1.165, 1.54) is 5.41 Å². The maximum Gasteiger partial charge on any atom is 0.200 e. The minimum atomic E-state index is -3.11. The lowest BCUT2D eigenvalue weighted by molar-refractivity contribution is 0.605. The van der Waals surface area contributed by atoms with Gasteiger partial charge in [-0.15, -0.1) is 0 Å². The van der Waals surface area contributed by atoms with Gasteiger partial charge in [0.1, 0.15) is 0 Å². The normalized spacial score (nSPS) is 17.8. The van der Waals surface area contributed by atoms with Gasteiger partial charge in [-0.1, -0.05) is 12.1 Å². The van der Waals surface area contributed by atoms with Gasteiger partial charge in [0.15, 0.2) is 9.84 Å². The molecule has 0 N–H and O–H groups in total. The van der Waals surface area contributed by atoms with Crippen molar-refractivity contribution in [2.24, 2.45) is 0 Å². The third-order valence-corrected chi connectivity index (χ3v) is 3.47. The number of benzene rings is 1. The summed E-state index contributed by atoms with van der Waals surface area (Å²) in [6, 6.07) is 5.31. The second kappa shape index (κ2) is 2.20. The van der Waals surface area contributed by atoms with E-state index in [9.17, 15) is 8.42 Å². The topological polar surface area (TPSA) is 34.1 Å². The first-order chi connectivity index (χ1) is 5.61. The van der Waals surface area contributed by atoms with Gasteiger partial charge in [0.25, 0.3) is 0 Å². The third-order valence-electron chi connectivity index (χ3n) is 2.00. The van der Waals surface area contributed by atoms with E-state index in [4.69, 9.17) is 0 Å². The van der Waals surface area contributed by atoms with E-state index in [1.54, 1.807) is 18.2 Å². The fourth-order valence-corrected chi connectivity index (χ4v) is 2.61. The Morgan fingerprint density at radius 2 is 2.00 bits per heavy atom. The average molecular weight is 180 g/mol. The quantitative estimate of drug-likeness (QED) is 0.609. The number of sulfone groups is 1. The Bertz CT molecular complexity index is 455. The van der Waals surface area contributed by atoms with E-state index >= 15 is 0 Å². The van der Waals surface area contributed by atoms with Gasteiger partial charge < -0.3 is 0 Å². The molecule has 62 valence electrons. The second-order valence-electron chi connectivity index (χ2n) is 2.83. The fraction of sp³-hybridized carbons (Fsp3) is 0.111. The molecule has 0 aromatic heterocycles. The summed E-state index contributed by atoms with van der Waals surface area (Å²) in [7, 11) is -3.11. The van der Waals surface area contributed by atoms with Crippen LogP contribution in [0.5, 0.6) is 0 Å². The van der Waals surface area contributed by atoms with Crippen molar-refractivity contribution in [2.45, 2.75) is 11.8 Å². The van der Waals surface area contributed by atoms with Crippen LogP contribution in [0.4, 0.5) is 0 Å². The van der Waals surface area contributed by atoms with Crippen LogP contribution in [0.15, 0.2) is 28.5 Å². The molecule has 12 heavy (non-hydrogen) atoms. The first kappa shape index (κ1) is 7.55. The molecule has 3 heteroatoms. The Morgan fingerprint density at radius 3 is 2.67 bits per heavy atom. The van der Waals surface area contributed by atoms with Gasteiger partial charge in [-0.05, 0) is 30.2 Å². The molecule has 0 bridgehead atoms. The molecular formula is C9H8O2S. The van der Waals surface area contributed by atoms with Crippen LogP contribution < -0.4 is 0 Å². The van der Waals surface area contributed by atoms with Crippen molar-refractivity contribution in [1.29, 1.82) is 0 Å². The summed E-state index contributed by atoms with van der Waals surface area (Å²) in [5.41, 5.74) is 1.84. The smallest absolute Gasteiger partial charge is 0.200 e. The summed E-state index contributed by atoms with van der Waals surface area (Å²) in [6.07, 6.45) is 1.65. The van der Waals surface area contributed by atoms with Crippen LogP contribution in [0.2, 0.25) is 0 Å². The molecule has 1 aromatic carbocycles. The largest absolute Gasteiger partial charge is 0.219 e. The third kappa shape index (κ3) is 0.898. The minimum Gasteiger partial charge on any atom is -0.219 e. The second-order valence-corrected chi connectivity index (χ2v) is 4.64. The van der Waals surface area contributed by atoms with Gasteiger partial charge in [-0.2, -0.15) is 0 Å². The summed E-state index contributed by atoms with van der Waals surface area (Å²) >= 11 is 0. The number of aryl methyl sites for hydroxylation is 1. The van der Waals surface area contributed by atoms with E-state index in [0.29, 0.717) is 4.90 Å². The summed E-state index contributed by atoms with van der Waals surface area (Å²) in [4.78, 5) is 0.433. The molecule has 1 aliphatic rings. The molecule has 2 nitrogen and oxygen atoms in total. The highest BCUT2D eigenvalue weighted by Crippen LogP contribution is 2.28. The van der Waals surface area contributed by atoms with Crippen molar-refractivity contribution in [3.8, 4) is 0 Å². The Kier molecular flexibility index (Phi) is 1.38. The molecule has 0 saturated carbocycles. The van der Waals surface area contributed by atoms with Crippen LogP contribution in [0.25, 0.3) is 6.08 Å². The van der Waals surface area contributed by atoms with E-state index < -0.39 is 9.84 Å². The highest BCUT2D eigenvalue weighted by atomic mass is 32.2. The molecule has 0 radical (unpaired) electrons. The summed E-state index contributed by atoms with van der Waals surface area (Å²) in [6.45, 7) is 1.91. The molecule has 0 spiro atoms. The Hall–Kier alpha value is -1.09. The summed E-state index contributed by atoms with van der Waals surface area (Å²) in [5.74, 6) is 0. The maximum absolute atomic E-state index is 11.3. The molecule has 0 fully saturated rings. The van der Waals surface area contributed by atoms with Gasteiger partial charge in [-0.25, -0.2) is 8.42 Å². The van der Waals surface area contributed by atoms with Crippen LogP contribution in [0, 0.1) is 6.92 Å². The van der Waals surface area contributed by atoms with Crippen molar-refractivity contribution in [1.82, 2.24) is 0 Å². The Balaban J connectivity index is 2.86. The summed E-state index contributed by atoms with van der Waals surface area (Å²) < 4.78 is 22.6. The first-order valence-corrected chi connectivity index (χ1v) is 5.19. The number of fused-ring (bicyclic) bond motifs is 1. The van der Waals surface area contributed by atoms with E-state index in [1.807, 2.05) is 13.0 Å². The zero-order valence-electron chi connectivity index (χ0n) is 6.61. The van der Waals surface area contributed by atoms with Crippen LogP contribution in [0.1, 0.15) is 11.1 Å². The van der Waals surface area contributed by atoms with Gasteiger partial charge in [-0.3, -0.25) is 0 Å². The van der Waals surface area contributed by atoms with E-state index in [0.717, 1.165) is 11.1 Å². The lowest BCUT2D eigenvalue weighted by Crippen LogP contribution is -1.93. The Labute approximate surface area is 71.5 Å². The van der Waals surface area contributed by atoms with E-state index in [-0.39, 0.29) is 0 Å². The van der Waals surface area contributed by atoms with Crippen LogP contribution in [-0.4, -0.2) is 8.42 Å². The zero-order valence-corrected chi connectivity index (χ0v) is 7.43. The molecule has 0 aliphatic carbocycles. The number of hydrogen-bond donors (Lipinski definition) is 0. The van der Waals surface area contributed by atoms with Crippen molar-refractivity contribution < 1.29 is 8.42 Å². The highest BCUT2D eigenvalue weighted by Gasteiger charge is 2.20. The Morgan fingerprint density at radius 1 is 1.25 bits per heavy atom. The zero-order chi connectivity index (χ0) is 8.77. The molecule has 0 unspecified atom stereocenters. The van der Waals surface area contributed by atoms with Crippen molar-refractivity contribution in [3.05, 3.63) is 34.7 Å². The van der Waals surface area contributed by atoms with Crippen LogP contribution >= 0.6 is 0 Å². The monoisotopic (exact) mass is 180 g/mol. The van der Waals surface area contributed by atoms with Gasteiger partial charge in [0.2, 0.25) is 0 Å². The molecule has 1 aromatic rings. The number of hydrogen-bond acceptors (Lipinski definition) is 2. The molecule has 0 amide bonds. The highest BCUT2D eigenvalue weighted by molar-refractivity contribution is 7.94. The van der Waals surface area contributed by atoms with Crippen LogP contribution in [-0.2, 0) is 9.84 Å². The van der Waals surface area contributed by atoms with Crippen molar-refractivity contribution >= 4 is 15.9 Å². The minimum absolute atomic E-state index is 0.433. The predicted octanol–water partition coefficient (Wildman–Crippen LogP) is 1.75. The molecule has 2 rings (SSSR count). The molecular weight excluding hydrogens is 172 g/mol. The lowest BCUT2D eigenvalue weighted by atomic mass is 10.1. The lowest BCUT2D eigenvalue weighted by Gasteiger charge is -2.00. The average Bonchev–Trinajstić information content (AvgIpc) is 2.30. The predicted molar refractivity (Wildman–Crippen MR) is 47.4 cm³/mol. The van der Waals surface area contributed by atoms with Gasteiger partial charge in [0, 0.05) is 5.41 Å². The summed E-state index contributed by atoms with van der Waals surface area (Å²) in [5, 5.41) is 1.25. The van der Waals surface area contributed by atoms with Gasteiger partial charge >= 0.3 is 0 Å². The van der Waals surface area contributed by atoms with E-state index in [2.05, 4.69) is 0 Å². The van der Waals surface area contributed by atoms with Crippen molar-refractivity contribution in [2.75, 3.05) is 0 Å². The fourth-order valence-electron chi connectivity index (χ4n) is 1.35. The van der Waals surface area contributed by atoms with Crippen LogP contribution in [0.3, 0.4) is 0 Å². The standard InChI is InChI=1S/C9H8O2S/c1-7-3-2-4-9-8(7)5-6-12(9,10)11/h2-6H,1H3. The molecule has 1 heterocycles. The SMILES string of the molecule is Cc1cccc2c1C=CS2(=O)=O. The number of rotatable bonds is 0. The maximum atomic E-state index is 11.3. The first-order valence-electron chi connectivity index (χ1n) is 3.64. The van der Waals surface area contributed by atoms with Crippen molar-refractivity contribution in [3.63, 3.8) is 0 Å². The molecule has 1 aliphatic heterocycles.